The minimum absolute atomic E-state index is 0.451. The first-order valence-corrected chi connectivity index (χ1v) is 28.6. The van der Waals surface area contributed by atoms with E-state index in [4.69, 9.17) is 0 Å². The summed E-state index contributed by atoms with van der Waals surface area (Å²) in [5.74, 6) is -1.73. The van der Waals surface area contributed by atoms with Gasteiger partial charge >= 0.3 is 248 Å². The van der Waals surface area contributed by atoms with E-state index in [0.717, 1.165) is 0 Å². The number of rotatable bonds is 6. The number of hydrogen-bond donors (Lipinski definition) is 0. The molecule has 2 aliphatic carbocycles. The third-order valence-electron chi connectivity index (χ3n) is 10.2. The second-order valence-corrected chi connectivity index (χ2v) is 46.6. The SMILES string of the molecule is CC1=Cc2ccccc2[CH]1[Zr]([CH3])([CH3])([CH]1C=Cc2c(-c3ccccc3)cccc21)[SiH](c1ccccc1)c1ccccc1. The maximum absolute atomic E-state index is 4.05. The van der Waals surface area contributed by atoms with Gasteiger partial charge < -0.3 is 0 Å². The van der Waals surface area contributed by atoms with Crippen molar-refractivity contribution in [3.63, 3.8) is 0 Å². The van der Waals surface area contributed by atoms with Crippen LogP contribution in [0, 0.1) is 0 Å². The molecular weight excluding hydrogens is 588 g/mol. The van der Waals surface area contributed by atoms with Gasteiger partial charge in [0.15, 0.2) is 0 Å². The summed E-state index contributed by atoms with van der Waals surface area (Å²) >= 11 is -4.05. The van der Waals surface area contributed by atoms with Crippen LogP contribution < -0.4 is 10.4 Å². The van der Waals surface area contributed by atoms with Crippen LogP contribution in [0.4, 0.5) is 0 Å². The Morgan fingerprint density at radius 2 is 1.15 bits per heavy atom. The third kappa shape index (κ3) is 4.18. The van der Waals surface area contributed by atoms with Crippen molar-refractivity contribution in [1.82, 2.24) is 0 Å². The Labute approximate surface area is 246 Å². The van der Waals surface area contributed by atoms with Gasteiger partial charge in [0, 0.05) is 0 Å². The summed E-state index contributed by atoms with van der Waals surface area (Å²) < 4.78 is 6.64. The van der Waals surface area contributed by atoms with Crippen LogP contribution in [0.5, 0.6) is 0 Å². The zero-order chi connectivity index (χ0) is 28.1. The average Bonchev–Trinajstić information content (AvgIpc) is 3.61. The molecule has 2 aliphatic rings. The first-order chi connectivity index (χ1) is 20.0. The topological polar surface area (TPSA) is 0 Å². The molecule has 7 rings (SSSR count). The van der Waals surface area contributed by atoms with Gasteiger partial charge in [-0.25, -0.2) is 0 Å². The van der Waals surface area contributed by atoms with Crippen LogP contribution in [0.3, 0.4) is 0 Å². The molecule has 0 spiro atoms. The molecule has 0 amide bonds. The molecule has 0 N–H and O–H groups in total. The molecule has 2 unspecified atom stereocenters. The Bertz CT molecular complexity index is 1740. The Morgan fingerprint density at radius 1 is 0.585 bits per heavy atom. The molecule has 5 aromatic rings. The van der Waals surface area contributed by atoms with Crippen LogP contribution in [0.1, 0.15) is 36.4 Å². The van der Waals surface area contributed by atoms with Crippen molar-refractivity contribution in [3.05, 3.63) is 167 Å². The average molecular weight is 625 g/mol. The van der Waals surface area contributed by atoms with Gasteiger partial charge in [0.1, 0.15) is 0 Å². The first-order valence-electron chi connectivity index (χ1n) is 14.9. The van der Waals surface area contributed by atoms with Crippen LogP contribution in [-0.2, 0) is 17.9 Å². The van der Waals surface area contributed by atoms with E-state index in [9.17, 15) is 0 Å². The summed E-state index contributed by atoms with van der Waals surface area (Å²) in [6, 6.07) is 50.5. The summed E-state index contributed by atoms with van der Waals surface area (Å²) in [7, 11) is 0. The van der Waals surface area contributed by atoms with Crippen molar-refractivity contribution in [2.75, 3.05) is 0 Å². The van der Waals surface area contributed by atoms with Crippen LogP contribution in [0.15, 0.2) is 145 Å². The van der Waals surface area contributed by atoms with E-state index < -0.39 is 23.9 Å². The van der Waals surface area contributed by atoms with Gasteiger partial charge in [-0.2, -0.15) is 0 Å². The van der Waals surface area contributed by atoms with Gasteiger partial charge in [0.2, 0.25) is 0 Å². The third-order valence-corrected chi connectivity index (χ3v) is 49.0. The molecule has 0 heterocycles. The molecule has 0 nitrogen and oxygen atoms in total. The second kappa shape index (κ2) is 10.2. The van der Waals surface area contributed by atoms with Crippen LogP contribution in [0.2, 0.25) is 9.26 Å². The Kier molecular flexibility index (Phi) is 6.61. The minimum atomic E-state index is -4.05. The van der Waals surface area contributed by atoms with Gasteiger partial charge in [-0.1, -0.05) is 0 Å². The molecule has 0 bridgehead atoms. The normalized spacial score (nSPS) is 18.4. The van der Waals surface area contributed by atoms with Gasteiger partial charge in [-0.15, -0.1) is 0 Å². The Hall–Kier alpha value is -3.32. The van der Waals surface area contributed by atoms with Crippen LogP contribution >= 0.6 is 0 Å². The van der Waals surface area contributed by atoms with Crippen molar-refractivity contribution in [2.24, 2.45) is 0 Å². The Morgan fingerprint density at radius 3 is 1.80 bits per heavy atom. The summed E-state index contributed by atoms with van der Waals surface area (Å²) in [6.45, 7) is 2.42. The van der Waals surface area contributed by atoms with Crippen molar-refractivity contribution in [2.45, 2.75) is 23.4 Å². The molecule has 0 fully saturated rings. The van der Waals surface area contributed by atoms with Gasteiger partial charge in [0.25, 0.3) is 0 Å². The summed E-state index contributed by atoms with van der Waals surface area (Å²) in [5.41, 5.74) is 10.2. The fourth-order valence-corrected chi connectivity index (χ4v) is 53.4. The molecule has 41 heavy (non-hydrogen) atoms. The zero-order valence-corrected chi connectivity index (χ0v) is 27.8. The van der Waals surface area contributed by atoms with Crippen LogP contribution in [-0.4, -0.2) is 5.92 Å². The molecule has 2 atom stereocenters. The molecule has 0 aliphatic heterocycles. The van der Waals surface area contributed by atoms with Gasteiger partial charge in [-0.05, 0) is 0 Å². The van der Waals surface area contributed by atoms with Gasteiger partial charge in [-0.3, -0.25) is 0 Å². The summed E-state index contributed by atoms with van der Waals surface area (Å²) in [5, 5.41) is 3.18. The molecule has 0 aromatic heterocycles. The summed E-state index contributed by atoms with van der Waals surface area (Å²) in [4.78, 5) is 0. The first kappa shape index (κ1) is 26.6. The molecule has 5 aromatic carbocycles. The standard InChI is InChI=1S/C15H11.C12H11Si.C10H9.2CH3.Zr/c1-2-6-12(7-3-1)14-10-4-8-13-9-5-11-15(13)14;1-3-7-11(8-4-1)13-12-9-5-2-6-10-12;1-8-6-9-4-2-3-5-10(9)7-8;;;/h1-11H;1-10,13H;2-7H,1H3;2*1H3;. The zero-order valence-electron chi connectivity index (χ0n) is 24.2. The Balaban J connectivity index is 1.54. The molecular formula is C39H37SiZr. The summed E-state index contributed by atoms with van der Waals surface area (Å²) in [6.07, 6.45) is 7.62. The van der Waals surface area contributed by atoms with Gasteiger partial charge in [0.05, 0.1) is 0 Å². The van der Waals surface area contributed by atoms with E-state index >= 15 is 0 Å². The van der Waals surface area contributed by atoms with E-state index in [1.54, 1.807) is 27.1 Å². The quantitative estimate of drug-likeness (QED) is 0.166. The number of fused-ring (bicyclic) bond motifs is 2. The van der Waals surface area contributed by atoms with Crippen molar-refractivity contribution >= 4 is 28.4 Å². The van der Waals surface area contributed by atoms with E-state index in [1.165, 1.54) is 22.3 Å². The number of benzene rings is 5. The van der Waals surface area contributed by atoms with E-state index in [0.29, 0.717) is 7.25 Å². The van der Waals surface area contributed by atoms with E-state index in [-0.39, 0.29) is 0 Å². The molecule has 0 radical (unpaired) electrons. The molecule has 0 saturated heterocycles. The fraction of sp³-hybridized carbons (Fsp3) is 0.128. The maximum atomic E-state index is 2.85. The number of allylic oxidation sites excluding steroid dienone is 2. The molecule has 201 valence electrons. The van der Waals surface area contributed by atoms with Crippen molar-refractivity contribution < 1.29 is 17.9 Å². The predicted octanol–water partition coefficient (Wildman–Crippen LogP) is 8.90. The monoisotopic (exact) mass is 623 g/mol. The number of hydrogen-bond acceptors (Lipinski definition) is 0. The second-order valence-electron chi connectivity index (χ2n) is 12.9. The van der Waals surface area contributed by atoms with E-state index in [2.05, 4.69) is 168 Å². The molecule has 2 heteroatoms. The van der Waals surface area contributed by atoms with Crippen LogP contribution in [0.25, 0.3) is 23.3 Å². The van der Waals surface area contributed by atoms with Crippen molar-refractivity contribution in [3.8, 4) is 11.1 Å². The van der Waals surface area contributed by atoms with Crippen molar-refractivity contribution in [1.29, 1.82) is 0 Å². The van der Waals surface area contributed by atoms with E-state index in [1.807, 2.05) is 0 Å². The predicted molar refractivity (Wildman–Crippen MR) is 178 cm³/mol. The molecule has 0 saturated carbocycles. The fourth-order valence-electron chi connectivity index (χ4n) is 8.75.